The molecule has 0 bridgehead atoms. The van der Waals surface area contributed by atoms with E-state index in [1.807, 2.05) is 13.0 Å². The molecule has 0 radical (unpaired) electrons. The molecule has 0 saturated heterocycles. The van der Waals surface area contributed by atoms with E-state index in [2.05, 4.69) is 22.3 Å². The van der Waals surface area contributed by atoms with Crippen molar-refractivity contribution in [3.8, 4) is 0 Å². The maximum absolute atomic E-state index is 4.43. The summed E-state index contributed by atoms with van der Waals surface area (Å²) in [5.41, 5.74) is 3.53. The summed E-state index contributed by atoms with van der Waals surface area (Å²) in [6.07, 6.45) is 2.99. The minimum Gasteiger partial charge on any atom is -0.240 e. The van der Waals surface area contributed by atoms with Crippen molar-refractivity contribution < 1.29 is 9.88 Å². The van der Waals surface area contributed by atoms with Gasteiger partial charge < -0.3 is 0 Å². The van der Waals surface area contributed by atoms with Crippen LogP contribution >= 0.6 is 0 Å². The lowest BCUT2D eigenvalue weighted by Gasteiger charge is -2.01. The molecule has 1 N–H and O–H groups in total. The van der Waals surface area contributed by atoms with Gasteiger partial charge in [-0.15, -0.1) is 4.99 Å². The molecular weight excluding hydrogens is 118 g/mol. The molecule has 3 nitrogen and oxygen atoms in total. The lowest BCUT2D eigenvalue weighted by atomic mass is 10.4. The molecule has 54 valence electrons. The summed E-state index contributed by atoms with van der Waals surface area (Å²) in [5, 5.41) is 0. The smallest absolute Gasteiger partial charge is 0.0738 e. The normalized spacial score (nSPS) is 11.7. The Hall–Kier alpha value is -0.540. The molecule has 0 spiro atoms. The largest absolute Gasteiger partial charge is 0.240 e. The highest BCUT2D eigenvalue weighted by atomic mass is 17.3. The monoisotopic (exact) mass is 131 g/mol. The minimum atomic E-state index is 0.958. The Labute approximate surface area is 55.5 Å². The van der Waals surface area contributed by atoms with Crippen LogP contribution < -0.4 is 5.48 Å². The molecule has 0 heterocycles. The van der Waals surface area contributed by atoms with Crippen molar-refractivity contribution in [1.82, 2.24) is 5.48 Å². The van der Waals surface area contributed by atoms with Crippen LogP contribution in [-0.2, 0) is 9.88 Å². The van der Waals surface area contributed by atoms with Crippen LogP contribution in [0.4, 0.5) is 0 Å². The van der Waals surface area contributed by atoms with Gasteiger partial charge in [0.05, 0.1) is 7.11 Å². The van der Waals surface area contributed by atoms with Gasteiger partial charge in [-0.1, -0.05) is 13.0 Å². The van der Waals surface area contributed by atoms with E-state index in [1.165, 1.54) is 7.11 Å². The first kappa shape index (κ1) is 8.46. The van der Waals surface area contributed by atoms with Crippen LogP contribution in [0.15, 0.2) is 11.8 Å². The second-order valence-corrected chi connectivity index (χ2v) is 1.65. The molecule has 9 heavy (non-hydrogen) atoms. The summed E-state index contributed by atoms with van der Waals surface area (Å²) in [6.45, 7) is 3.96. The van der Waals surface area contributed by atoms with Gasteiger partial charge in [0.25, 0.3) is 0 Å². The number of hydrogen-bond acceptors (Lipinski definition) is 3. The quantitative estimate of drug-likeness (QED) is 0.462. The molecule has 0 saturated carbocycles. The van der Waals surface area contributed by atoms with E-state index in [4.69, 9.17) is 0 Å². The molecule has 0 aliphatic heterocycles. The first-order chi connectivity index (χ1) is 4.31. The van der Waals surface area contributed by atoms with Crippen molar-refractivity contribution in [3.05, 3.63) is 11.8 Å². The van der Waals surface area contributed by atoms with Gasteiger partial charge in [0, 0.05) is 5.70 Å². The van der Waals surface area contributed by atoms with Crippen LogP contribution in [0.2, 0.25) is 0 Å². The van der Waals surface area contributed by atoms with E-state index in [9.17, 15) is 0 Å². The number of allylic oxidation sites excluding steroid dienone is 2. The average molecular weight is 131 g/mol. The summed E-state index contributed by atoms with van der Waals surface area (Å²) >= 11 is 0. The molecule has 0 aromatic heterocycles. The predicted octanol–water partition coefficient (Wildman–Crippen LogP) is 1.38. The van der Waals surface area contributed by atoms with E-state index in [0.29, 0.717) is 0 Å². The minimum absolute atomic E-state index is 0.958. The van der Waals surface area contributed by atoms with E-state index < -0.39 is 0 Å². The summed E-state index contributed by atoms with van der Waals surface area (Å²) < 4.78 is 0. The van der Waals surface area contributed by atoms with Gasteiger partial charge in [0.1, 0.15) is 0 Å². The van der Waals surface area contributed by atoms with Crippen LogP contribution in [0.1, 0.15) is 20.3 Å². The summed E-state index contributed by atoms with van der Waals surface area (Å²) in [6, 6.07) is 0. The van der Waals surface area contributed by atoms with Gasteiger partial charge in [-0.2, -0.15) is 0 Å². The van der Waals surface area contributed by atoms with Crippen molar-refractivity contribution in [3.63, 3.8) is 0 Å². The molecule has 0 fully saturated rings. The molecule has 0 atom stereocenters. The fourth-order valence-electron chi connectivity index (χ4n) is 0.455. The zero-order valence-corrected chi connectivity index (χ0v) is 6.10. The van der Waals surface area contributed by atoms with Crippen LogP contribution in [0, 0.1) is 0 Å². The van der Waals surface area contributed by atoms with Crippen LogP contribution in [0.3, 0.4) is 0 Å². The van der Waals surface area contributed by atoms with Crippen molar-refractivity contribution in [2.75, 3.05) is 7.11 Å². The van der Waals surface area contributed by atoms with E-state index in [0.717, 1.165) is 12.1 Å². The Balaban J connectivity index is 3.25. The molecule has 0 aromatic carbocycles. The Bertz CT molecular complexity index is 91.1. The van der Waals surface area contributed by atoms with Gasteiger partial charge in [-0.05, 0) is 13.3 Å². The lowest BCUT2D eigenvalue weighted by molar-refractivity contribution is -0.309. The summed E-state index contributed by atoms with van der Waals surface area (Å²) in [7, 11) is 1.45. The highest BCUT2D eigenvalue weighted by Gasteiger charge is 1.82. The van der Waals surface area contributed by atoms with Gasteiger partial charge in [-0.3, -0.25) is 0 Å². The van der Waals surface area contributed by atoms with Crippen molar-refractivity contribution in [2.24, 2.45) is 0 Å². The maximum Gasteiger partial charge on any atom is 0.0738 e. The zero-order valence-electron chi connectivity index (χ0n) is 6.10. The third kappa shape index (κ3) is 5.33. The third-order valence-corrected chi connectivity index (χ3v) is 0.796. The first-order valence-electron chi connectivity index (χ1n) is 2.93. The molecule has 0 aromatic rings. The highest BCUT2D eigenvalue weighted by molar-refractivity contribution is 4.91. The van der Waals surface area contributed by atoms with Crippen LogP contribution in [0.5, 0.6) is 0 Å². The molecular formula is C6H13NO2. The number of rotatable bonds is 4. The summed E-state index contributed by atoms with van der Waals surface area (Å²) in [4.78, 5) is 8.74. The van der Waals surface area contributed by atoms with Crippen LogP contribution in [0.25, 0.3) is 0 Å². The lowest BCUT2D eigenvalue weighted by Crippen LogP contribution is -2.10. The Morgan fingerprint density at radius 3 is 2.78 bits per heavy atom. The highest BCUT2D eigenvalue weighted by Crippen LogP contribution is 1.88. The van der Waals surface area contributed by atoms with Gasteiger partial charge in [-0.25, -0.2) is 10.4 Å². The fourth-order valence-corrected chi connectivity index (χ4v) is 0.455. The molecule has 0 amide bonds. The second-order valence-electron chi connectivity index (χ2n) is 1.65. The Kier molecular flexibility index (Phi) is 5.26. The molecule has 3 heteroatoms. The second kappa shape index (κ2) is 5.59. The van der Waals surface area contributed by atoms with Gasteiger partial charge >= 0.3 is 0 Å². The van der Waals surface area contributed by atoms with E-state index in [1.54, 1.807) is 0 Å². The van der Waals surface area contributed by atoms with Crippen molar-refractivity contribution in [1.29, 1.82) is 0 Å². The maximum atomic E-state index is 4.43. The number of nitrogens with one attached hydrogen (secondary N) is 1. The van der Waals surface area contributed by atoms with E-state index >= 15 is 0 Å². The molecule has 0 aliphatic carbocycles. The third-order valence-electron chi connectivity index (χ3n) is 0.796. The molecule has 0 aliphatic rings. The Morgan fingerprint density at radius 2 is 2.33 bits per heavy atom. The van der Waals surface area contributed by atoms with Crippen LogP contribution in [-0.4, -0.2) is 7.11 Å². The molecule has 0 rings (SSSR count). The predicted molar refractivity (Wildman–Crippen MR) is 35.3 cm³/mol. The standard InChI is InChI=1S/C6H13NO2/c1-4-5-6(2)7-9-8-3/h5,7H,4H2,1-3H3/b6-5-. The summed E-state index contributed by atoms with van der Waals surface area (Å²) in [5.74, 6) is 0. The zero-order chi connectivity index (χ0) is 7.11. The topological polar surface area (TPSA) is 30.5 Å². The number of hydroxylamine groups is 1. The van der Waals surface area contributed by atoms with Crippen molar-refractivity contribution >= 4 is 0 Å². The van der Waals surface area contributed by atoms with Crippen molar-refractivity contribution in [2.45, 2.75) is 20.3 Å². The van der Waals surface area contributed by atoms with Gasteiger partial charge in [0.2, 0.25) is 0 Å². The molecule has 0 unspecified atom stereocenters. The average Bonchev–Trinajstić information content (AvgIpc) is 1.85. The Morgan fingerprint density at radius 1 is 1.67 bits per heavy atom. The van der Waals surface area contributed by atoms with E-state index in [-0.39, 0.29) is 0 Å². The van der Waals surface area contributed by atoms with Gasteiger partial charge in [0.15, 0.2) is 0 Å². The SMILES string of the molecule is CC/C=C(/C)NOOC. The first-order valence-corrected chi connectivity index (χ1v) is 2.93. The fraction of sp³-hybridized carbons (Fsp3) is 0.667. The number of hydrogen-bond donors (Lipinski definition) is 1.